The molecule has 1 aliphatic carbocycles. The molecule has 21 heavy (non-hydrogen) atoms. The third-order valence-corrected chi connectivity index (χ3v) is 4.42. The highest BCUT2D eigenvalue weighted by molar-refractivity contribution is 5.76. The lowest BCUT2D eigenvalue weighted by molar-refractivity contribution is -0.383. The van der Waals surface area contributed by atoms with Crippen molar-refractivity contribution in [2.75, 3.05) is 17.2 Å². The van der Waals surface area contributed by atoms with Gasteiger partial charge in [0.25, 0.3) is 0 Å². The van der Waals surface area contributed by atoms with Gasteiger partial charge in [0.15, 0.2) is 0 Å². The van der Waals surface area contributed by atoms with Crippen molar-refractivity contribution in [2.24, 2.45) is 5.41 Å². The monoisotopic (exact) mass is 291 g/mol. The highest BCUT2D eigenvalue weighted by Gasteiger charge is 2.33. The van der Waals surface area contributed by atoms with Crippen molar-refractivity contribution in [3.8, 4) is 0 Å². The molecule has 5 heteroatoms. The number of benzene rings is 1. The van der Waals surface area contributed by atoms with Gasteiger partial charge in [0.05, 0.1) is 4.92 Å². The summed E-state index contributed by atoms with van der Waals surface area (Å²) in [6, 6.07) is 5.72. The van der Waals surface area contributed by atoms with Crippen molar-refractivity contribution >= 4 is 17.1 Å². The Balaban J connectivity index is 2.30. The Morgan fingerprint density at radius 1 is 1.33 bits per heavy atom. The van der Waals surface area contributed by atoms with Gasteiger partial charge in [-0.15, -0.1) is 0 Å². The summed E-state index contributed by atoms with van der Waals surface area (Å²) < 4.78 is 0. The molecule has 0 aliphatic heterocycles. The zero-order valence-electron chi connectivity index (χ0n) is 13.1. The number of nitro benzene ring substituents is 1. The second kappa shape index (κ2) is 6.33. The van der Waals surface area contributed by atoms with Crippen LogP contribution >= 0.6 is 0 Å². The topological polar surface area (TPSA) is 67.2 Å². The molecule has 1 atom stereocenters. The van der Waals surface area contributed by atoms with Crippen LogP contribution in [0, 0.1) is 15.5 Å². The van der Waals surface area contributed by atoms with E-state index in [0.717, 1.165) is 12.8 Å². The van der Waals surface area contributed by atoms with E-state index >= 15 is 0 Å². The van der Waals surface area contributed by atoms with Gasteiger partial charge in [-0.05, 0) is 37.3 Å². The normalized spacial score (nSPS) is 20.8. The molecule has 2 N–H and O–H groups in total. The maximum absolute atomic E-state index is 11.4. The second-order valence-corrected chi connectivity index (χ2v) is 6.42. The molecule has 1 aromatic carbocycles. The average molecular weight is 291 g/mol. The first-order valence-electron chi connectivity index (χ1n) is 7.73. The van der Waals surface area contributed by atoms with Crippen LogP contribution in [0.5, 0.6) is 0 Å². The molecule has 0 saturated heterocycles. The van der Waals surface area contributed by atoms with E-state index in [4.69, 9.17) is 0 Å². The number of anilines is 2. The number of rotatable bonds is 5. The van der Waals surface area contributed by atoms with E-state index in [1.165, 1.54) is 12.8 Å². The SMILES string of the molecule is CCNc1cccc(NC2CCCCC2(C)C)c1[N+](=O)[O-]. The van der Waals surface area contributed by atoms with Crippen LogP contribution in [-0.4, -0.2) is 17.5 Å². The zero-order chi connectivity index (χ0) is 15.5. The highest BCUT2D eigenvalue weighted by atomic mass is 16.6. The first-order valence-corrected chi connectivity index (χ1v) is 7.73. The Bertz CT molecular complexity index is 514. The lowest BCUT2D eigenvalue weighted by Crippen LogP contribution is -2.39. The van der Waals surface area contributed by atoms with Gasteiger partial charge in [-0.3, -0.25) is 10.1 Å². The minimum atomic E-state index is -0.295. The Morgan fingerprint density at radius 2 is 2.05 bits per heavy atom. The highest BCUT2D eigenvalue weighted by Crippen LogP contribution is 2.40. The van der Waals surface area contributed by atoms with Crippen molar-refractivity contribution in [1.29, 1.82) is 0 Å². The maximum Gasteiger partial charge on any atom is 0.315 e. The smallest absolute Gasteiger partial charge is 0.315 e. The van der Waals surface area contributed by atoms with Gasteiger partial charge in [0, 0.05) is 12.6 Å². The van der Waals surface area contributed by atoms with Gasteiger partial charge in [-0.2, -0.15) is 0 Å². The van der Waals surface area contributed by atoms with Crippen LogP contribution in [0.2, 0.25) is 0 Å². The number of nitrogens with one attached hydrogen (secondary N) is 2. The molecule has 0 spiro atoms. The summed E-state index contributed by atoms with van der Waals surface area (Å²) in [5.41, 5.74) is 1.53. The van der Waals surface area contributed by atoms with Crippen LogP contribution in [0.15, 0.2) is 18.2 Å². The fraction of sp³-hybridized carbons (Fsp3) is 0.625. The van der Waals surface area contributed by atoms with E-state index in [-0.39, 0.29) is 22.1 Å². The first kappa shape index (κ1) is 15.6. The van der Waals surface area contributed by atoms with Crippen LogP contribution in [0.25, 0.3) is 0 Å². The van der Waals surface area contributed by atoms with Gasteiger partial charge in [-0.25, -0.2) is 0 Å². The van der Waals surface area contributed by atoms with E-state index in [2.05, 4.69) is 24.5 Å². The van der Waals surface area contributed by atoms with Crippen molar-refractivity contribution in [3.05, 3.63) is 28.3 Å². The Morgan fingerprint density at radius 3 is 2.67 bits per heavy atom. The van der Waals surface area contributed by atoms with E-state index < -0.39 is 0 Å². The summed E-state index contributed by atoms with van der Waals surface area (Å²) in [6.45, 7) is 7.08. The lowest BCUT2D eigenvalue weighted by Gasteiger charge is -2.39. The van der Waals surface area contributed by atoms with Gasteiger partial charge in [-0.1, -0.05) is 32.8 Å². The van der Waals surface area contributed by atoms with Crippen LogP contribution in [0.3, 0.4) is 0 Å². The molecule has 0 aromatic heterocycles. The molecule has 1 unspecified atom stereocenters. The Hall–Kier alpha value is -1.78. The summed E-state index contributed by atoms with van der Waals surface area (Å²) in [6.07, 6.45) is 4.65. The minimum Gasteiger partial charge on any atom is -0.380 e. The third kappa shape index (κ3) is 3.46. The van der Waals surface area contributed by atoms with Crippen LogP contribution in [0.4, 0.5) is 17.1 Å². The predicted molar refractivity (Wildman–Crippen MR) is 86.9 cm³/mol. The fourth-order valence-corrected chi connectivity index (χ4v) is 3.14. The molecule has 5 nitrogen and oxygen atoms in total. The van der Waals surface area contributed by atoms with Gasteiger partial charge < -0.3 is 10.6 Å². The molecule has 0 heterocycles. The van der Waals surface area contributed by atoms with E-state index in [1.807, 2.05) is 19.1 Å². The summed E-state index contributed by atoms with van der Waals surface area (Å²) in [5, 5.41) is 18.0. The summed E-state index contributed by atoms with van der Waals surface area (Å²) in [5.74, 6) is 0. The number of nitrogens with zero attached hydrogens (tertiary/aromatic N) is 1. The second-order valence-electron chi connectivity index (χ2n) is 6.42. The molecule has 0 radical (unpaired) electrons. The van der Waals surface area contributed by atoms with Gasteiger partial charge >= 0.3 is 5.69 Å². The van der Waals surface area contributed by atoms with Crippen molar-refractivity contribution in [3.63, 3.8) is 0 Å². The lowest BCUT2D eigenvalue weighted by atomic mass is 9.73. The Labute approximate surface area is 126 Å². The van der Waals surface area contributed by atoms with Crippen molar-refractivity contribution in [1.82, 2.24) is 0 Å². The van der Waals surface area contributed by atoms with Crippen LogP contribution < -0.4 is 10.6 Å². The quantitative estimate of drug-likeness (QED) is 0.623. The maximum atomic E-state index is 11.4. The van der Waals surface area contributed by atoms with Crippen LogP contribution in [0.1, 0.15) is 46.5 Å². The summed E-state index contributed by atoms with van der Waals surface area (Å²) >= 11 is 0. The predicted octanol–water partition coefficient (Wildman–Crippen LogP) is 4.41. The molecule has 1 saturated carbocycles. The third-order valence-electron chi connectivity index (χ3n) is 4.42. The minimum absolute atomic E-state index is 0.153. The van der Waals surface area contributed by atoms with Crippen molar-refractivity contribution in [2.45, 2.75) is 52.5 Å². The standard InChI is InChI=1S/C16H25N3O2/c1-4-17-12-8-7-9-13(15(12)19(20)21)18-14-10-5-6-11-16(14,2)3/h7-9,14,17-18H,4-6,10-11H2,1-3H3. The molecule has 1 fully saturated rings. The molecule has 2 rings (SSSR count). The number of hydrogen-bond donors (Lipinski definition) is 2. The van der Waals surface area contributed by atoms with E-state index in [9.17, 15) is 10.1 Å². The molecule has 1 aliphatic rings. The summed E-state index contributed by atoms with van der Waals surface area (Å²) in [7, 11) is 0. The van der Waals surface area contributed by atoms with Crippen LogP contribution in [-0.2, 0) is 0 Å². The van der Waals surface area contributed by atoms with Gasteiger partial charge in [0.2, 0.25) is 0 Å². The molecular weight excluding hydrogens is 266 g/mol. The Kier molecular flexibility index (Phi) is 4.70. The molecule has 0 amide bonds. The molecule has 116 valence electrons. The summed E-state index contributed by atoms with van der Waals surface area (Å²) in [4.78, 5) is 11.2. The van der Waals surface area contributed by atoms with E-state index in [0.29, 0.717) is 17.9 Å². The molecule has 1 aromatic rings. The fourth-order valence-electron chi connectivity index (χ4n) is 3.14. The number of nitro groups is 1. The van der Waals surface area contributed by atoms with Crippen molar-refractivity contribution < 1.29 is 4.92 Å². The number of hydrogen-bond acceptors (Lipinski definition) is 4. The van der Waals surface area contributed by atoms with E-state index in [1.54, 1.807) is 6.07 Å². The number of para-hydroxylation sites is 1. The first-order chi connectivity index (χ1) is 9.95. The zero-order valence-corrected chi connectivity index (χ0v) is 13.1. The van der Waals surface area contributed by atoms with Gasteiger partial charge in [0.1, 0.15) is 11.4 Å². The average Bonchev–Trinajstić information content (AvgIpc) is 2.41. The molecular formula is C16H25N3O2. The largest absolute Gasteiger partial charge is 0.380 e. The molecule has 0 bridgehead atoms.